The molecule has 1 aliphatic heterocycles. The van der Waals surface area contributed by atoms with E-state index in [1.165, 1.54) is 25.7 Å². The van der Waals surface area contributed by atoms with Gasteiger partial charge in [0.2, 0.25) is 5.91 Å². The van der Waals surface area contributed by atoms with Gasteiger partial charge in [0.05, 0.1) is 18.1 Å². The van der Waals surface area contributed by atoms with Crippen LogP contribution in [0.4, 0.5) is 0 Å². The van der Waals surface area contributed by atoms with E-state index in [0.717, 1.165) is 18.5 Å². The predicted octanol–water partition coefficient (Wildman–Crippen LogP) is 6.12. The fourth-order valence-electron chi connectivity index (χ4n) is 6.10. The topological polar surface area (TPSA) is 78.9 Å². The van der Waals surface area contributed by atoms with E-state index in [1.807, 2.05) is 51.1 Å². The fourth-order valence-corrected chi connectivity index (χ4v) is 7.40. The molecule has 1 aliphatic carbocycles. The van der Waals surface area contributed by atoms with Crippen molar-refractivity contribution in [1.82, 2.24) is 10.2 Å². The average Bonchev–Trinajstić information content (AvgIpc) is 2.82. The molecule has 1 saturated carbocycles. The summed E-state index contributed by atoms with van der Waals surface area (Å²) in [6.45, 7) is 16.5. The standard InChI is InChI=1S/C31H52N2O4Si/c1-22(2)38(6,7)37-27(18-26(30(35)36)17-23-13-9-8-10-14-23)21-33-20-25-16-12-11-15-24(25)19-28(33)29(34)32-31(3,4)5/h8-10,13-14,22,24-28H,11-12,15-21H2,1-7H3,(H,32,34)(H,35,36)/t24-,25+,26?,27?,28-/m0/s1. The van der Waals surface area contributed by atoms with E-state index >= 15 is 0 Å². The van der Waals surface area contributed by atoms with Crippen LogP contribution < -0.4 is 5.32 Å². The van der Waals surface area contributed by atoms with Crippen LogP contribution in [0.15, 0.2) is 30.3 Å². The number of benzene rings is 1. The Morgan fingerprint density at radius 2 is 1.74 bits per heavy atom. The third kappa shape index (κ3) is 8.92. The van der Waals surface area contributed by atoms with Gasteiger partial charge >= 0.3 is 5.97 Å². The van der Waals surface area contributed by atoms with Gasteiger partial charge in [0.15, 0.2) is 8.32 Å². The molecule has 3 rings (SSSR count). The second kappa shape index (κ2) is 13.1. The van der Waals surface area contributed by atoms with E-state index in [0.29, 0.717) is 36.8 Å². The van der Waals surface area contributed by atoms with Crippen molar-refractivity contribution >= 4 is 20.2 Å². The molecule has 7 heteroatoms. The lowest BCUT2D eigenvalue weighted by atomic mass is 9.72. The second-order valence-corrected chi connectivity index (χ2v) is 18.3. The summed E-state index contributed by atoms with van der Waals surface area (Å²) in [5.41, 5.74) is 1.15. The zero-order valence-corrected chi connectivity index (χ0v) is 25.8. The maximum Gasteiger partial charge on any atom is 0.306 e. The number of likely N-dealkylation sites (tertiary alicyclic amines) is 1. The first kappa shape index (κ1) is 30.8. The van der Waals surface area contributed by atoms with Crippen LogP contribution in [0, 0.1) is 17.8 Å². The molecule has 1 aromatic carbocycles. The number of nitrogens with one attached hydrogen (secondary N) is 1. The number of nitrogens with zero attached hydrogens (tertiary/aromatic N) is 1. The molecule has 1 aromatic rings. The molecule has 214 valence electrons. The Bertz CT molecular complexity index is 914. The van der Waals surface area contributed by atoms with Gasteiger partial charge in [-0.1, -0.05) is 63.4 Å². The Hall–Kier alpha value is -1.70. The van der Waals surface area contributed by atoms with Crippen LogP contribution in [0.1, 0.15) is 78.7 Å². The molecule has 5 atom stereocenters. The molecule has 38 heavy (non-hydrogen) atoms. The number of hydrogen-bond acceptors (Lipinski definition) is 4. The number of carboxylic acid groups (broad SMARTS) is 1. The van der Waals surface area contributed by atoms with Crippen LogP contribution in [-0.2, 0) is 20.4 Å². The van der Waals surface area contributed by atoms with Gasteiger partial charge in [0.25, 0.3) is 0 Å². The van der Waals surface area contributed by atoms with Crippen molar-refractivity contribution in [2.75, 3.05) is 13.1 Å². The molecule has 2 fully saturated rings. The van der Waals surface area contributed by atoms with Gasteiger partial charge in [-0.05, 0) is 82.5 Å². The van der Waals surface area contributed by atoms with Crippen molar-refractivity contribution in [2.45, 2.75) is 116 Å². The van der Waals surface area contributed by atoms with E-state index < -0.39 is 20.2 Å². The Morgan fingerprint density at radius 1 is 1.11 bits per heavy atom. The summed E-state index contributed by atoms with van der Waals surface area (Å²) in [7, 11) is -2.06. The lowest BCUT2D eigenvalue weighted by Gasteiger charge is -2.47. The van der Waals surface area contributed by atoms with Crippen molar-refractivity contribution in [2.24, 2.45) is 17.8 Å². The molecule has 2 unspecified atom stereocenters. The van der Waals surface area contributed by atoms with Gasteiger partial charge in [-0.2, -0.15) is 0 Å². The second-order valence-electron chi connectivity index (χ2n) is 13.7. The zero-order valence-electron chi connectivity index (χ0n) is 24.8. The molecule has 1 heterocycles. The van der Waals surface area contributed by atoms with Gasteiger partial charge in [0.1, 0.15) is 0 Å². The predicted molar refractivity (Wildman–Crippen MR) is 157 cm³/mol. The van der Waals surface area contributed by atoms with Gasteiger partial charge in [-0.15, -0.1) is 0 Å². The summed E-state index contributed by atoms with van der Waals surface area (Å²) in [4.78, 5) is 28.3. The highest BCUT2D eigenvalue weighted by Gasteiger charge is 2.42. The Labute approximate surface area is 232 Å². The van der Waals surface area contributed by atoms with E-state index in [2.05, 4.69) is 37.2 Å². The summed E-state index contributed by atoms with van der Waals surface area (Å²) < 4.78 is 6.89. The Kier molecular flexibility index (Phi) is 10.6. The average molecular weight is 545 g/mol. The van der Waals surface area contributed by atoms with Gasteiger partial charge in [-0.3, -0.25) is 14.5 Å². The van der Waals surface area contributed by atoms with Crippen LogP contribution in [0.25, 0.3) is 0 Å². The molecule has 1 amide bonds. The molecule has 1 saturated heterocycles. The summed E-state index contributed by atoms with van der Waals surface area (Å²) >= 11 is 0. The van der Waals surface area contributed by atoms with E-state index in [4.69, 9.17) is 4.43 Å². The Balaban J connectivity index is 1.86. The number of fused-ring (bicyclic) bond motifs is 1. The molecule has 0 spiro atoms. The largest absolute Gasteiger partial charge is 0.481 e. The molecular weight excluding hydrogens is 492 g/mol. The minimum absolute atomic E-state index is 0.0970. The lowest BCUT2D eigenvalue weighted by Crippen LogP contribution is -2.59. The summed E-state index contributed by atoms with van der Waals surface area (Å²) in [5.74, 6) is -0.00734. The number of piperidine rings is 1. The van der Waals surface area contributed by atoms with Crippen LogP contribution in [0.3, 0.4) is 0 Å². The quantitative estimate of drug-likeness (QED) is 0.328. The molecular formula is C31H52N2O4Si. The van der Waals surface area contributed by atoms with E-state index in [9.17, 15) is 14.7 Å². The lowest BCUT2D eigenvalue weighted by molar-refractivity contribution is -0.143. The highest BCUT2D eigenvalue weighted by atomic mass is 28.4. The molecule has 2 aliphatic rings. The summed E-state index contributed by atoms with van der Waals surface area (Å²) in [5, 5.41) is 13.4. The van der Waals surface area contributed by atoms with Crippen molar-refractivity contribution < 1.29 is 19.1 Å². The van der Waals surface area contributed by atoms with Gasteiger partial charge < -0.3 is 14.8 Å². The highest BCUT2D eigenvalue weighted by molar-refractivity contribution is 6.72. The van der Waals surface area contributed by atoms with Crippen molar-refractivity contribution in [1.29, 1.82) is 0 Å². The molecule has 0 bridgehead atoms. The van der Waals surface area contributed by atoms with Gasteiger partial charge in [-0.25, -0.2) is 0 Å². The monoisotopic (exact) mass is 544 g/mol. The first-order valence-electron chi connectivity index (χ1n) is 14.8. The smallest absolute Gasteiger partial charge is 0.306 e. The number of hydrogen-bond donors (Lipinski definition) is 2. The van der Waals surface area contributed by atoms with Crippen molar-refractivity contribution in [3.8, 4) is 0 Å². The SMILES string of the molecule is CC(C)[Si](C)(C)OC(CC(Cc1ccccc1)C(=O)O)CN1C[C@H]2CCCC[C@H]2C[C@H]1C(=O)NC(C)(C)C. The molecule has 0 aromatic heterocycles. The third-order valence-corrected chi connectivity index (χ3v) is 12.5. The molecule has 0 radical (unpaired) electrons. The van der Waals surface area contributed by atoms with E-state index in [1.54, 1.807) is 0 Å². The van der Waals surface area contributed by atoms with Gasteiger partial charge in [0, 0.05) is 18.6 Å². The molecule has 6 nitrogen and oxygen atoms in total. The van der Waals surface area contributed by atoms with Crippen LogP contribution >= 0.6 is 0 Å². The summed E-state index contributed by atoms with van der Waals surface area (Å²) in [6.07, 6.45) is 6.55. The zero-order chi connectivity index (χ0) is 28.1. The highest BCUT2D eigenvalue weighted by Crippen LogP contribution is 2.39. The first-order valence-corrected chi connectivity index (χ1v) is 17.7. The minimum Gasteiger partial charge on any atom is -0.481 e. The number of rotatable bonds is 11. The summed E-state index contributed by atoms with van der Waals surface area (Å²) in [6, 6.07) is 9.69. The maximum absolute atomic E-state index is 13.6. The number of aliphatic carboxylic acids is 1. The fraction of sp³-hybridized carbons (Fsp3) is 0.742. The third-order valence-electron chi connectivity index (χ3n) is 8.82. The van der Waals surface area contributed by atoms with Crippen molar-refractivity contribution in [3.63, 3.8) is 0 Å². The minimum atomic E-state index is -2.06. The van der Waals surface area contributed by atoms with E-state index in [-0.39, 0.29) is 23.6 Å². The number of carbonyl (C=O) groups is 2. The normalized spacial score (nSPS) is 24.5. The maximum atomic E-state index is 13.6. The Morgan fingerprint density at radius 3 is 2.32 bits per heavy atom. The number of carboxylic acids is 1. The van der Waals surface area contributed by atoms with Crippen LogP contribution in [0.5, 0.6) is 0 Å². The molecule has 2 N–H and O–H groups in total. The number of carbonyl (C=O) groups excluding carboxylic acids is 1. The van der Waals surface area contributed by atoms with Crippen LogP contribution in [0.2, 0.25) is 18.6 Å². The van der Waals surface area contributed by atoms with Crippen molar-refractivity contribution in [3.05, 3.63) is 35.9 Å². The number of amides is 1. The first-order chi connectivity index (χ1) is 17.7. The van der Waals surface area contributed by atoms with Crippen LogP contribution in [-0.4, -0.2) is 61.0 Å².